The van der Waals surface area contributed by atoms with Gasteiger partial charge in [-0.2, -0.15) is 0 Å². The maximum Gasteiger partial charge on any atom is 0.340 e. The highest BCUT2D eigenvalue weighted by molar-refractivity contribution is 7.13. The van der Waals surface area contributed by atoms with Crippen molar-refractivity contribution in [1.82, 2.24) is 10.1 Å². The van der Waals surface area contributed by atoms with Crippen molar-refractivity contribution in [2.75, 3.05) is 12.3 Å². The number of esters is 1. The molecule has 2 aromatic heterocycles. The molecule has 2 heterocycles. The van der Waals surface area contributed by atoms with Crippen LogP contribution in [0.2, 0.25) is 0 Å². The SMILES string of the molecule is CCOC(=O)C(=Cc1cc(C)on1)c1csc(N)n1. The van der Waals surface area contributed by atoms with E-state index in [2.05, 4.69) is 10.1 Å². The highest BCUT2D eigenvalue weighted by Gasteiger charge is 2.17. The smallest absolute Gasteiger partial charge is 0.340 e. The lowest BCUT2D eigenvalue weighted by atomic mass is 10.1. The molecule has 0 fully saturated rings. The molecule has 0 spiro atoms. The number of carbonyl (C=O) groups is 1. The molecule has 0 unspecified atom stereocenters. The van der Waals surface area contributed by atoms with Crippen LogP contribution in [-0.2, 0) is 9.53 Å². The molecule has 2 rings (SSSR count). The van der Waals surface area contributed by atoms with Gasteiger partial charge < -0.3 is 15.0 Å². The number of rotatable bonds is 4. The van der Waals surface area contributed by atoms with Crippen LogP contribution in [0.4, 0.5) is 5.13 Å². The van der Waals surface area contributed by atoms with Crippen LogP contribution in [0.25, 0.3) is 11.6 Å². The highest BCUT2D eigenvalue weighted by Crippen LogP contribution is 2.23. The molecule has 0 atom stereocenters. The van der Waals surface area contributed by atoms with E-state index in [0.717, 1.165) is 0 Å². The molecule has 0 amide bonds. The van der Waals surface area contributed by atoms with E-state index in [4.69, 9.17) is 15.0 Å². The van der Waals surface area contributed by atoms with Gasteiger partial charge in [0.05, 0.1) is 17.9 Å². The molecule has 0 aliphatic rings. The third-order valence-corrected chi connectivity index (χ3v) is 2.91. The van der Waals surface area contributed by atoms with Crippen LogP contribution < -0.4 is 5.73 Å². The van der Waals surface area contributed by atoms with E-state index in [0.29, 0.717) is 27.9 Å². The summed E-state index contributed by atoms with van der Waals surface area (Å²) in [5, 5.41) is 5.91. The third kappa shape index (κ3) is 3.19. The number of hydrogen-bond donors (Lipinski definition) is 1. The minimum Gasteiger partial charge on any atom is -0.462 e. The van der Waals surface area contributed by atoms with E-state index < -0.39 is 5.97 Å². The second-order valence-electron chi connectivity index (χ2n) is 3.71. The summed E-state index contributed by atoms with van der Waals surface area (Å²) in [4.78, 5) is 16.0. The van der Waals surface area contributed by atoms with Gasteiger partial charge in [-0.15, -0.1) is 11.3 Å². The van der Waals surface area contributed by atoms with Crippen LogP contribution in [0.3, 0.4) is 0 Å². The third-order valence-electron chi connectivity index (χ3n) is 2.23. The molecule has 2 N–H and O–H groups in total. The molecule has 0 saturated heterocycles. The molecule has 0 bridgehead atoms. The molecular formula is C12H13N3O3S. The molecule has 7 heteroatoms. The van der Waals surface area contributed by atoms with Crippen LogP contribution in [0.1, 0.15) is 24.1 Å². The average molecular weight is 279 g/mol. The fourth-order valence-electron chi connectivity index (χ4n) is 1.46. The fourth-order valence-corrected chi connectivity index (χ4v) is 2.02. The first-order chi connectivity index (χ1) is 9.10. The molecule has 2 aromatic rings. The molecule has 0 radical (unpaired) electrons. The van der Waals surface area contributed by atoms with Gasteiger partial charge in [-0.3, -0.25) is 0 Å². The van der Waals surface area contributed by atoms with E-state index in [-0.39, 0.29) is 6.61 Å². The Kier molecular flexibility index (Phi) is 3.96. The molecule has 100 valence electrons. The van der Waals surface area contributed by atoms with E-state index in [1.165, 1.54) is 11.3 Å². The molecule has 19 heavy (non-hydrogen) atoms. The Morgan fingerprint density at radius 2 is 2.42 bits per heavy atom. The zero-order valence-corrected chi connectivity index (χ0v) is 11.4. The first-order valence-electron chi connectivity index (χ1n) is 5.63. The zero-order valence-electron chi connectivity index (χ0n) is 10.5. The number of nitrogens with zero attached hydrogens (tertiary/aromatic N) is 2. The highest BCUT2D eigenvalue weighted by atomic mass is 32.1. The number of anilines is 1. The summed E-state index contributed by atoms with van der Waals surface area (Å²) in [6.07, 6.45) is 1.57. The van der Waals surface area contributed by atoms with Gasteiger partial charge in [-0.05, 0) is 19.9 Å². The van der Waals surface area contributed by atoms with Crippen molar-refractivity contribution in [3.8, 4) is 0 Å². The molecule has 0 aliphatic carbocycles. The van der Waals surface area contributed by atoms with Crippen LogP contribution in [0.5, 0.6) is 0 Å². The van der Waals surface area contributed by atoms with E-state index in [1.807, 2.05) is 0 Å². The summed E-state index contributed by atoms with van der Waals surface area (Å²) >= 11 is 1.26. The Morgan fingerprint density at radius 1 is 1.63 bits per heavy atom. The molecule has 0 aliphatic heterocycles. The van der Waals surface area contributed by atoms with Gasteiger partial charge in [0.25, 0.3) is 0 Å². The monoisotopic (exact) mass is 279 g/mol. The Balaban J connectivity index is 2.39. The molecule has 6 nitrogen and oxygen atoms in total. The number of aromatic nitrogens is 2. The normalized spacial score (nSPS) is 11.6. The molecule has 0 saturated carbocycles. The Labute approximate surface area is 113 Å². The van der Waals surface area contributed by atoms with Crippen LogP contribution in [-0.4, -0.2) is 22.7 Å². The first kappa shape index (κ1) is 13.3. The van der Waals surface area contributed by atoms with Crippen molar-refractivity contribution in [2.24, 2.45) is 0 Å². The van der Waals surface area contributed by atoms with Gasteiger partial charge >= 0.3 is 5.97 Å². The largest absolute Gasteiger partial charge is 0.462 e. The summed E-state index contributed by atoms with van der Waals surface area (Å²) in [7, 11) is 0. The van der Waals surface area contributed by atoms with Crippen molar-refractivity contribution in [1.29, 1.82) is 0 Å². The number of aryl methyl sites for hydroxylation is 1. The Morgan fingerprint density at radius 3 is 2.95 bits per heavy atom. The van der Waals surface area contributed by atoms with Gasteiger partial charge in [-0.1, -0.05) is 5.16 Å². The standard InChI is InChI=1S/C12H13N3O3S/c1-3-17-11(16)9(10-6-19-12(13)14-10)5-8-4-7(2)18-15-8/h4-6H,3H2,1-2H3,(H2,13,14). The van der Waals surface area contributed by atoms with E-state index in [1.54, 1.807) is 31.4 Å². The van der Waals surface area contributed by atoms with Crippen molar-refractivity contribution >= 4 is 34.1 Å². The number of ether oxygens (including phenoxy) is 1. The number of hydrogen-bond acceptors (Lipinski definition) is 7. The lowest BCUT2D eigenvalue weighted by molar-refractivity contribution is -0.136. The number of nitrogen functional groups attached to an aromatic ring is 1. The van der Waals surface area contributed by atoms with Crippen LogP contribution in [0.15, 0.2) is 16.0 Å². The second kappa shape index (κ2) is 5.66. The average Bonchev–Trinajstić information content (AvgIpc) is 2.95. The predicted molar refractivity (Wildman–Crippen MR) is 72.3 cm³/mol. The van der Waals surface area contributed by atoms with Gasteiger partial charge in [0, 0.05) is 11.4 Å². The van der Waals surface area contributed by atoms with Gasteiger partial charge in [0.2, 0.25) is 0 Å². The van der Waals surface area contributed by atoms with Gasteiger partial charge in [0.15, 0.2) is 5.13 Å². The predicted octanol–water partition coefficient (Wildman–Crippen LogP) is 2.13. The fraction of sp³-hybridized carbons (Fsp3) is 0.250. The summed E-state index contributed by atoms with van der Waals surface area (Å²) in [5.74, 6) is 0.195. The quantitative estimate of drug-likeness (QED) is 0.681. The van der Waals surface area contributed by atoms with Gasteiger partial charge in [0.1, 0.15) is 11.5 Å². The molecule has 0 aromatic carbocycles. The summed E-state index contributed by atoms with van der Waals surface area (Å²) in [5.41, 5.74) is 6.90. The number of nitrogens with two attached hydrogens (primary N) is 1. The zero-order chi connectivity index (χ0) is 13.8. The summed E-state index contributed by atoms with van der Waals surface area (Å²) in [6, 6.07) is 1.72. The summed E-state index contributed by atoms with van der Waals surface area (Å²) < 4.78 is 9.96. The van der Waals surface area contributed by atoms with Crippen molar-refractivity contribution in [3.05, 3.63) is 28.6 Å². The summed E-state index contributed by atoms with van der Waals surface area (Å²) in [6.45, 7) is 3.80. The minimum atomic E-state index is -0.464. The van der Waals surface area contributed by atoms with Crippen molar-refractivity contribution < 1.29 is 14.1 Å². The minimum absolute atomic E-state index is 0.285. The van der Waals surface area contributed by atoms with Gasteiger partial charge in [-0.25, -0.2) is 9.78 Å². The Bertz CT molecular complexity index is 615. The number of thiazole rings is 1. The van der Waals surface area contributed by atoms with Crippen molar-refractivity contribution in [2.45, 2.75) is 13.8 Å². The lowest BCUT2D eigenvalue weighted by Crippen LogP contribution is -2.07. The van der Waals surface area contributed by atoms with Crippen LogP contribution in [0, 0.1) is 6.92 Å². The Hall–Kier alpha value is -2.15. The molecular weight excluding hydrogens is 266 g/mol. The van der Waals surface area contributed by atoms with E-state index in [9.17, 15) is 4.79 Å². The lowest BCUT2D eigenvalue weighted by Gasteiger charge is -2.03. The maximum atomic E-state index is 11.9. The first-order valence-corrected chi connectivity index (χ1v) is 6.51. The van der Waals surface area contributed by atoms with E-state index >= 15 is 0 Å². The topological polar surface area (TPSA) is 91.2 Å². The maximum absolute atomic E-state index is 11.9. The number of carbonyl (C=O) groups excluding carboxylic acids is 1. The second-order valence-corrected chi connectivity index (χ2v) is 4.60. The van der Waals surface area contributed by atoms with Crippen LogP contribution >= 0.6 is 11.3 Å². The van der Waals surface area contributed by atoms with Crippen molar-refractivity contribution in [3.63, 3.8) is 0 Å².